The number of aryl methyl sites for hydroxylation is 1. The standard InChI is InChI=1S/C13H19N3O/c17-13(16-10-3-1-2-4-10)9-5-6-11-12(7-9)15-8-14-11/h8-10H,1-7H2,(H,14,15)(H,16,17). The second kappa shape index (κ2) is 4.51. The van der Waals surface area contributed by atoms with Gasteiger partial charge in [-0.1, -0.05) is 12.8 Å². The number of imidazole rings is 1. The smallest absolute Gasteiger partial charge is 0.223 e. The number of H-pyrrole nitrogens is 1. The maximum atomic E-state index is 12.1. The van der Waals surface area contributed by atoms with Crippen LogP contribution in [0.25, 0.3) is 0 Å². The summed E-state index contributed by atoms with van der Waals surface area (Å²) in [6.07, 6.45) is 9.29. The van der Waals surface area contributed by atoms with Crippen LogP contribution in [0.15, 0.2) is 6.33 Å². The molecule has 1 amide bonds. The Kier molecular flexibility index (Phi) is 2.87. The molecule has 1 aromatic rings. The second-order valence-electron chi connectivity index (χ2n) is 5.26. The molecule has 4 heteroatoms. The van der Waals surface area contributed by atoms with Crippen molar-refractivity contribution in [3.8, 4) is 0 Å². The highest BCUT2D eigenvalue weighted by atomic mass is 16.1. The van der Waals surface area contributed by atoms with E-state index in [4.69, 9.17) is 0 Å². The Morgan fingerprint density at radius 3 is 3.00 bits per heavy atom. The normalized spacial score (nSPS) is 24.6. The van der Waals surface area contributed by atoms with Crippen LogP contribution in [-0.4, -0.2) is 21.9 Å². The first kappa shape index (κ1) is 10.8. The van der Waals surface area contributed by atoms with Crippen LogP contribution in [0, 0.1) is 5.92 Å². The third-order valence-electron chi connectivity index (χ3n) is 4.06. The van der Waals surface area contributed by atoms with Gasteiger partial charge in [-0.25, -0.2) is 4.98 Å². The molecule has 0 saturated heterocycles. The van der Waals surface area contributed by atoms with E-state index in [1.165, 1.54) is 12.8 Å². The van der Waals surface area contributed by atoms with E-state index in [0.29, 0.717) is 6.04 Å². The Morgan fingerprint density at radius 1 is 1.35 bits per heavy atom. The summed E-state index contributed by atoms with van der Waals surface area (Å²) in [5, 5.41) is 3.20. The summed E-state index contributed by atoms with van der Waals surface area (Å²) in [7, 11) is 0. The van der Waals surface area contributed by atoms with Crippen LogP contribution in [0.1, 0.15) is 43.5 Å². The van der Waals surface area contributed by atoms with Gasteiger partial charge in [-0.05, 0) is 25.7 Å². The predicted octanol–water partition coefficient (Wildman–Crippen LogP) is 1.57. The fourth-order valence-electron chi connectivity index (χ4n) is 3.01. The van der Waals surface area contributed by atoms with Crippen LogP contribution in [0.3, 0.4) is 0 Å². The van der Waals surface area contributed by atoms with Crippen LogP contribution in [0.5, 0.6) is 0 Å². The van der Waals surface area contributed by atoms with Gasteiger partial charge in [0.1, 0.15) is 0 Å². The first-order valence-electron chi connectivity index (χ1n) is 6.64. The third-order valence-corrected chi connectivity index (χ3v) is 4.06. The molecule has 1 saturated carbocycles. The average molecular weight is 233 g/mol. The lowest BCUT2D eigenvalue weighted by Gasteiger charge is -2.22. The molecule has 0 radical (unpaired) electrons. The predicted molar refractivity (Wildman–Crippen MR) is 64.5 cm³/mol. The van der Waals surface area contributed by atoms with Crippen molar-refractivity contribution in [2.45, 2.75) is 51.0 Å². The number of hydrogen-bond acceptors (Lipinski definition) is 2. The number of nitrogens with zero attached hydrogens (tertiary/aromatic N) is 1. The second-order valence-corrected chi connectivity index (χ2v) is 5.26. The Hall–Kier alpha value is -1.32. The van der Waals surface area contributed by atoms with E-state index < -0.39 is 0 Å². The van der Waals surface area contributed by atoms with E-state index >= 15 is 0 Å². The van der Waals surface area contributed by atoms with Gasteiger partial charge in [0, 0.05) is 24.1 Å². The summed E-state index contributed by atoms with van der Waals surface area (Å²) in [6, 6.07) is 0.436. The van der Waals surface area contributed by atoms with E-state index in [0.717, 1.165) is 43.5 Å². The molecule has 0 spiro atoms. The van der Waals surface area contributed by atoms with Crippen molar-refractivity contribution in [1.29, 1.82) is 0 Å². The minimum absolute atomic E-state index is 0.142. The molecule has 92 valence electrons. The molecular weight excluding hydrogens is 214 g/mol. The Balaban J connectivity index is 1.60. The molecule has 2 aliphatic rings. The largest absolute Gasteiger partial charge is 0.353 e. The maximum absolute atomic E-state index is 12.1. The molecule has 4 nitrogen and oxygen atoms in total. The maximum Gasteiger partial charge on any atom is 0.223 e. The number of nitrogens with one attached hydrogen (secondary N) is 2. The van der Waals surface area contributed by atoms with Crippen LogP contribution >= 0.6 is 0 Å². The lowest BCUT2D eigenvalue weighted by Crippen LogP contribution is -2.39. The van der Waals surface area contributed by atoms with E-state index in [2.05, 4.69) is 15.3 Å². The zero-order valence-electron chi connectivity index (χ0n) is 10.0. The van der Waals surface area contributed by atoms with Crippen molar-refractivity contribution in [3.63, 3.8) is 0 Å². The first-order chi connectivity index (χ1) is 8.33. The molecule has 1 unspecified atom stereocenters. The lowest BCUT2D eigenvalue weighted by molar-refractivity contribution is -0.126. The monoisotopic (exact) mass is 233 g/mol. The van der Waals surface area contributed by atoms with E-state index in [1.807, 2.05) is 0 Å². The minimum Gasteiger partial charge on any atom is -0.353 e. The highest BCUT2D eigenvalue weighted by Crippen LogP contribution is 2.24. The highest BCUT2D eigenvalue weighted by Gasteiger charge is 2.28. The summed E-state index contributed by atoms with van der Waals surface area (Å²) < 4.78 is 0. The topological polar surface area (TPSA) is 57.8 Å². The van der Waals surface area contributed by atoms with Gasteiger partial charge < -0.3 is 10.3 Å². The third kappa shape index (κ3) is 2.21. The summed E-state index contributed by atoms with van der Waals surface area (Å²) in [5.41, 5.74) is 2.30. The van der Waals surface area contributed by atoms with Gasteiger partial charge in [0.15, 0.2) is 0 Å². The lowest BCUT2D eigenvalue weighted by atomic mass is 9.89. The molecular formula is C13H19N3O. The van der Waals surface area contributed by atoms with Crippen molar-refractivity contribution in [2.75, 3.05) is 0 Å². The molecule has 2 N–H and O–H groups in total. The van der Waals surface area contributed by atoms with Gasteiger partial charge in [-0.3, -0.25) is 4.79 Å². The zero-order valence-corrected chi connectivity index (χ0v) is 10.0. The van der Waals surface area contributed by atoms with Gasteiger partial charge >= 0.3 is 0 Å². The Morgan fingerprint density at radius 2 is 2.18 bits per heavy atom. The van der Waals surface area contributed by atoms with Gasteiger partial charge in [-0.2, -0.15) is 0 Å². The Labute approximate surface area is 101 Å². The van der Waals surface area contributed by atoms with Crippen molar-refractivity contribution in [2.24, 2.45) is 5.92 Å². The molecule has 1 fully saturated rings. The molecule has 17 heavy (non-hydrogen) atoms. The average Bonchev–Trinajstić information content (AvgIpc) is 2.97. The molecule has 0 bridgehead atoms. The molecule has 1 heterocycles. The number of carbonyl (C=O) groups excluding carboxylic acids is 1. The molecule has 0 aliphatic heterocycles. The van der Waals surface area contributed by atoms with Crippen LogP contribution in [0.4, 0.5) is 0 Å². The van der Waals surface area contributed by atoms with E-state index in [9.17, 15) is 4.79 Å². The molecule has 0 aromatic carbocycles. The molecule has 2 aliphatic carbocycles. The van der Waals surface area contributed by atoms with E-state index in [1.54, 1.807) is 6.33 Å². The van der Waals surface area contributed by atoms with Crippen molar-refractivity contribution >= 4 is 5.91 Å². The number of amides is 1. The van der Waals surface area contributed by atoms with Gasteiger partial charge in [0.25, 0.3) is 0 Å². The fourth-order valence-corrected chi connectivity index (χ4v) is 3.01. The molecule has 1 atom stereocenters. The quantitative estimate of drug-likeness (QED) is 0.814. The van der Waals surface area contributed by atoms with Gasteiger partial charge in [-0.15, -0.1) is 0 Å². The zero-order chi connectivity index (χ0) is 11.7. The summed E-state index contributed by atoms with van der Waals surface area (Å²) in [6.45, 7) is 0. The number of fused-ring (bicyclic) bond motifs is 1. The highest BCUT2D eigenvalue weighted by molar-refractivity contribution is 5.79. The molecule has 1 aromatic heterocycles. The molecule has 3 rings (SSSR count). The first-order valence-corrected chi connectivity index (χ1v) is 6.64. The van der Waals surface area contributed by atoms with Crippen LogP contribution in [0.2, 0.25) is 0 Å². The van der Waals surface area contributed by atoms with Crippen molar-refractivity contribution < 1.29 is 4.79 Å². The fraction of sp³-hybridized carbons (Fsp3) is 0.692. The van der Waals surface area contributed by atoms with Crippen LogP contribution in [-0.2, 0) is 17.6 Å². The number of aromatic amines is 1. The van der Waals surface area contributed by atoms with E-state index in [-0.39, 0.29) is 11.8 Å². The number of carbonyl (C=O) groups is 1. The SMILES string of the molecule is O=C(NC1CCCC1)C1CCc2nc[nH]c2C1. The summed E-state index contributed by atoms with van der Waals surface area (Å²) in [4.78, 5) is 19.6. The van der Waals surface area contributed by atoms with Gasteiger partial charge in [0.05, 0.1) is 12.0 Å². The van der Waals surface area contributed by atoms with Crippen molar-refractivity contribution in [1.82, 2.24) is 15.3 Å². The van der Waals surface area contributed by atoms with Crippen LogP contribution < -0.4 is 5.32 Å². The van der Waals surface area contributed by atoms with Gasteiger partial charge in [0.2, 0.25) is 5.91 Å². The number of rotatable bonds is 2. The summed E-state index contributed by atoms with van der Waals surface area (Å²) >= 11 is 0. The summed E-state index contributed by atoms with van der Waals surface area (Å²) in [5.74, 6) is 0.390. The number of hydrogen-bond donors (Lipinski definition) is 2. The van der Waals surface area contributed by atoms with Crippen molar-refractivity contribution in [3.05, 3.63) is 17.7 Å². The Bertz CT molecular complexity index is 407. The minimum atomic E-state index is 0.142. The number of aromatic nitrogens is 2.